The average Bonchev–Trinajstić information content (AvgIpc) is 2.77. The van der Waals surface area contributed by atoms with Crippen molar-refractivity contribution >= 4 is 31.8 Å². The zero-order valence-corrected chi connectivity index (χ0v) is 13.5. The van der Waals surface area contributed by atoms with Gasteiger partial charge in [-0.25, -0.2) is 4.99 Å². The summed E-state index contributed by atoms with van der Waals surface area (Å²) in [5.41, 5.74) is 3.24. The van der Waals surface area contributed by atoms with Crippen molar-refractivity contribution in [2.24, 2.45) is 4.99 Å². The Morgan fingerprint density at radius 3 is 2.58 bits per heavy atom. The van der Waals surface area contributed by atoms with Gasteiger partial charge in [-0.1, -0.05) is 12.1 Å². The molecular weight excluding hydrogens is 270 g/mol. The lowest BCUT2D eigenvalue weighted by Crippen LogP contribution is -2.11. The number of nitrogens with zero attached hydrogens (tertiary/aromatic N) is 1. The number of para-hydroxylation sites is 2. The Kier molecular flexibility index (Phi) is 4.55. The Morgan fingerprint density at radius 1 is 1.21 bits per heavy atom. The Labute approximate surface area is 120 Å². The fraction of sp³-hybridized carbons (Fsp3) is 0.267. The molecule has 19 heavy (non-hydrogen) atoms. The lowest BCUT2D eigenvalue weighted by molar-refractivity contribution is 0.582. The molecule has 2 rings (SSSR count). The first-order valence-corrected chi connectivity index (χ1v) is 9.53. The zero-order chi connectivity index (χ0) is 13.8. The maximum absolute atomic E-state index is 5.89. The summed E-state index contributed by atoms with van der Waals surface area (Å²) >= 11 is 1.73. The molecule has 99 valence electrons. The Balaban J connectivity index is 2.35. The molecule has 0 saturated carbocycles. The van der Waals surface area contributed by atoms with E-state index >= 15 is 0 Å². The molecule has 0 bridgehead atoms. The van der Waals surface area contributed by atoms with E-state index in [0.29, 0.717) is 0 Å². The number of hydrogen-bond acceptors (Lipinski definition) is 3. The predicted octanol–water partition coefficient (Wildman–Crippen LogP) is 4.83. The molecule has 0 fully saturated rings. The van der Waals surface area contributed by atoms with Gasteiger partial charge in [0.2, 0.25) is 0 Å². The van der Waals surface area contributed by atoms with Crippen LogP contribution in [-0.4, -0.2) is 14.8 Å². The van der Waals surface area contributed by atoms with Crippen molar-refractivity contribution in [3.05, 3.63) is 46.2 Å². The minimum absolute atomic E-state index is 0.772. The first-order valence-electron chi connectivity index (χ1n) is 6.24. The van der Waals surface area contributed by atoms with Crippen LogP contribution in [0.2, 0.25) is 13.1 Å². The van der Waals surface area contributed by atoms with Gasteiger partial charge in [0.05, 0.1) is 10.6 Å². The molecule has 4 heteroatoms. The third-order valence-electron chi connectivity index (χ3n) is 2.66. The molecule has 0 atom stereocenters. The standard InChI is InChI=1S/C15H18NOSSi/c1-11-9-10-18-15(11)12(2)16-13-7-5-6-8-14(13)17-19(3)4/h5-10H,1-4H3. The van der Waals surface area contributed by atoms with Crippen LogP contribution in [0, 0.1) is 6.92 Å². The number of aliphatic imine (C=N–C) groups is 1. The SMILES string of the molecule is CC(=Nc1ccccc1O[Si](C)C)c1sccc1C. The fourth-order valence-electron chi connectivity index (χ4n) is 1.83. The first kappa shape index (κ1) is 14.0. The van der Waals surface area contributed by atoms with Crippen LogP contribution in [-0.2, 0) is 0 Å². The van der Waals surface area contributed by atoms with Crippen molar-refractivity contribution in [2.45, 2.75) is 26.9 Å². The van der Waals surface area contributed by atoms with Gasteiger partial charge in [-0.2, -0.15) is 0 Å². The monoisotopic (exact) mass is 288 g/mol. The van der Waals surface area contributed by atoms with E-state index in [-0.39, 0.29) is 0 Å². The molecule has 0 aliphatic rings. The molecule has 2 nitrogen and oxygen atoms in total. The molecule has 0 unspecified atom stereocenters. The van der Waals surface area contributed by atoms with Crippen LogP contribution in [0.1, 0.15) is 17.4 Å². The van der Waals surface area contributed by atoms with Crippen molar-refractivity contribution in [3.63, 3.8) is 0 Å². The van der Waals surface area contributed by atoms with Gasteiger partial charge in [-0.05, 0) is 56.1 Å². The molecule has 0 amide bonds. The number of aryl methyl sites for hydroxylation is 1. The molecule has 1 heterocycles. The topological polar surface area (TPSA) is 21.6 Å². The maximum Gasteiger partial charge on any atom is 0.274 e. The largest absolute Gasteiger partial charge is 0.541 e. The number of hydrogen-bond donors (Lipinski definition) is 0. The van der Waals surface area contributed by atoms with E-state index in [4.69, 9.17) is 9.42 Å². The molecule has 0 aliphatic heterocycles. The second-order valence-electron chi connectivity index (χ2n) is 4.61. The molecule has 0 spiro atoms. The zero-order valence-electron chi connectivity index (χ0n) is 11.7. The van der Waals surface area contributed by atoms with Crippen LogP contribution >= 0.6 is 11.3 Å². The highest BCUT2D eigenvalue weighted by molar-refractivity contribution is 7.12. The highest BCUT2D eigenvalue weighted by Gasteiger charge is 2.08. The van der Waals surface area contributed by atoms with Crippen molar-refractivity contribution in [1.82, 2.24) is 0 Å². The molecule has 1 aromatic heterocycles. The van der Waals surface area contributed by atoms with E-state index in [0.717, 1.165) is 17.1 Å². The lowest BCUT2D eigenvalue weighted by atomic mass is 10.2. The minimum atomic E-state index is -0.772. The third-order valence-corrected chi connectivity index (χ3v) is 4.41. The predicted molar refractivity (Wildman–Crippen MR) is 85.5 cm³/mol. The second kappa shape index (κ2) is 6.17. The van der Waals surface area contributed by atoms with Gasteiger partial charge in [0.25, 0.3) is 9.04 Å². The van der Waals surface area contributed by atoms with Crippen LogP contribution in [0.25, 0.3) is 0 Å². The van der Waals surface area contributed by atoms with E-state index in [2.05, 4.69) is 38.4 Å². The summed E-state index contributed by atoms with van der Waals surface area (Å²) in [4.78, 5) is 5.98. The van der Waals surface area contributed by atoms with Crippen molar-refractivity contribution in [1.29, 1.82) is 0 Å². The summed E-state index contributed by atoms with van der Waals surface area (Å²) in [7, 11) is -0.772. The van der Waals surface area contributed by atoms with E-state index in [1.807, 2.05) is 24.3 Å². The molecule has 0 saturated heterocycles. The van der Waals surface area contributed by atoms with Gasteiger partial charge in [-0.3, -0.25) is 0 Å². The molecule has 0 N–H and O–H groups in total. The summed E-state index contributed by atoms with van der Waals surface area (Å²) in [6, 6.07) is 10.1. The van der Waals surface area contributed by atoms with Gasteiger partial charge < -0.3 is 4.43 Å². The van der Waals surface area contributed by atoms with Gasteiger partial charge in [0.1, 0.15) is 11.4 Å². The summed E-state index contributed by atoms with van der Waals surface area (Å²) in [6.07, 6.45) is 0. The van der Waals surface area contributed by atoms with Gasteiger partial charge in [0.15, 0.2) is 0 Å². The molecule has 2 aromatic rings. The molecule has 1 aromatic carbocycles. The quantitative estimate of drug-likeness (QED) is 0.583. The van der Waals surface area contributed by atoms with Crippen molar-refractivity contribution in [3.8, 4) is 5.75 Å². The highest BCUT2D eigenvalue weighted by Crippen LogP contribution is 2.29. The van der Waals surface area contributed by atoms with Crippen molar-refractivity contribution in [2.75, 3.05) is 0 Å². The summed E-state index contributed by atoms with van der Waals surface area (Å²) in [6.45, 7) is 8.43. The van der Waals surface area contributed by atoms with Crippen LogP contribution in [0.5, 0.6) is 5.75 Å². The third kappa shape index (κ3) is 3.55. The van der Waals surface area contributed by atoms with E-state index < -0.39 is 9.04 Å². The van der Waals surface area contributed by atoms with E-state index in [9.17, 15) is 0 Å². The van der Waals surface area contributed by atoms with Crippen LogP contribution in [0.3, 0.4) is 0 Å². The molecular formula is C15H18NOSSi. The van der Waals surface area contributed by atoms with E-state index in [1.165, 1.54) is 10.4 Å². The summed E-state index contributed by atoms with van der Waals surface area (Å²) in [5.74, 6) is 0.884. The number of rotatable bonds is 4. The Hall–Kier alpha value is -1.39. The fourth-order valence-corrected chi connectivity index (χ4v) is 3.32. The van der Waals surface area contributed by atoms with Crippen LogP contribution in [0.4, 0.5) is 5.69 Å². The Morgan fingerprint density at radius 2 is 1.95 bits per heavy atom. The molecule has 1 radical (unpaired) electrons. The maximum atomic E-state index is 5.89. The first-order chi connectivity index (χ1) is 9.08. The highest BCUT2D eigenvalue weighted by atomic mass is 32.1. The van der Waals surface area contributed by atoms with Crippen molar-refractivity contribution < 1.29 is 4.43 Å². The minimum Gasteiger partial charge on any atom is -0.541 e. The lowest BCUT2D eigenvalue weighted by Gasteiger charge is -2.11. The van der Waals surface area contributed by atoms with Gasteiger partial charge in [-0.15, -0.1) is 11.3 Å². The van der Waals surface area contributed by atoms with Gasteiger partial charge >= 0.3 is 0 Å². The van der Waals surface area contributed by atoms with Crippen LogP contribution < -0.4 is 4.43 Å². The normalized spacial score (nSPS) is 11.9. The number of thiophene rings is 1. The Bertz CT molecular complexity index is 589. The number of benzene rings is 1. The van der Waals surface area contributed by atoms with Gasteiger partial charge in [0, 0.05) is 0 Å². The second-order valence-corrected chi connectivity index (χ2v) is 7.54. The van der Waals surface area contributed by atoms with E-state index in [1.54, 1.807) is 11.3 Å². The average molecular weight is 288 g/mol. The summed E-state index contributed by atoms with van der Waals surface area (Å²) < 4.78 is 5.89. The smallest absolute Gasteiger partial charge is 0.274 e. The van der Waals surface area contributed by atoms with Crippen LogP contribution in [0.15, 0.2) is 40.7 Å². The summed E-state index contributed by atoms with van der Waals surface area (Å²) in [5, 5.41) is 2.10. The molecule has 0 aliphatic carbocycles.